The summed E-state index contributed by atoms with van der Waals surface area (Å²) in [6, 6.07) is 0. The number of ether oxygens (including phenoxy) is 3. The Morgan fingerprint density at radius 2 is 2.05 bits per heavy atom. The molecule has 116 valence electrons. The van der Waals surface area contributed by atoms with Gasteiger partial charge in [0.05, 0.1) is 0 Å². The Labute approximate surface area is 117 Å². The van der Waals surface area contributed by atoms with Crippen LogP contribution in [0.2, 0.25) is 0 Å². The van der Waals surface area contributed by atoms with Crippen molar-refractivity contribution in [2.24, 2.45) is 0 Å². The van der Waals surface area contributed by atoms with Crippen molar-refractivity contribution < 1.29 is 34.0 Å². The summed E-state index contributed by atoms with van der Waals surface area (Å²) in [6.45, 7) is 2.99. The highest BCUT2D eigenvalue weighted by Gasteiger charge is 2.39. The van der Waals surface area contributed by atoms with E-state index in [0.29, 0.717) is 6.42 Å². The lowest BCUT2D eigenvalue weighted by molar-refractivity contribution is -0.247. The molecule has 1 aliphatic heterocycles. The molecule has 0 amide bonds. The van der Waals surface area contributed by atoms with Gasteiger partial charge in [-0.3, -0.25) is 9.59 Å². The van der Waals surface area contributed by atoms with Gasteiger partial charge < -0.3 is 24.4 Å². The van der Waals surface area contributed by atoms with Gasteiger partial charge >= 0.3 is 11.9 Å². The number of hydrogen-bond acceptors (Lipinski definition) is 7. The average molecular weight is 290 g/mol. The molecule has 0 aromatic rings. The normalized spacial score (nSPS) is 29.8. The van der Waals surface area contributed by atoms with Crippen LogP contribution in [0.5, 0.6) is 0 Å². The molecule has 1 aliphatic rings. The minimum absolute atomic E-state index is 0.00436. The van der Waals surface area contributed by atoms with Crippen molar-refractivity contribution in [1.29, 1.82) is 0 Å². The fourth-order valence-electron chi connectivity index (χ4n) is 1.92. The van der Waals surface area contributed by atoms with Crippen LogP contribution in [0.25, 0.3) is 0 Å². The van der Waals surface area contributed by atoms with Gasteiger partial charge in [0.15, 0.2) is 6.29 Å². The zero-order valence-electron chi connectivity index (χ0n) is 11.8. The van der Waals surface area contributed by atoms with Crippen molar-refractivity contribution in [3.63, 3.8) is 0 Å². The lowest BCUT2D eigenvalue weighted by atomic mass is 10.0. The first-order valence-electron chi connectivity index (χ1n) is 6.78. The Kier molecular flexibility index (Phi) is 6.90. The molecule has 1 saturated heterocycles. The topological polar surface area (TPSA) is 102 Å². The summed E-state index contributed by atoms with van der Waals surface area (Å²) in [5, 5.41) is 19.6. The molecule has 1 heterocycles. The van der Waals surface area contributed by atoms with Gasteiger partial charge in [0.2, 0.25) is 0 Å². The van der Waals surface area contributed by atoms with Crippen molar-refractivity contribution in [3.05, 3.63) is 0 Å². The van der Waals surface area contributed by atoms with E-state index in [1.807, 2.05) is 6.92 Å². The maximum absolute atomic E-state index is 11.6. The summed E-state index contributed by atoms with van der Waals surface area (Å²) in [5.74, 6) is -0.936. The van der Waals surface area contributed by atoms with Gasteiger partial charge in [0.1, 0.15) is 24.9 Å². The van der Waals surface area contributed by atoms with E-state index >= 15 is 0 Å². The average Bonchev–Trinajstić information content (AvgIpc) is 2.38. The number of hydrogen-bond donors (Lipinski definition) is 2. The van der Waals surface area contributed by atoms with Crippen LogP contribution < -0.4 is 0 Å². The molecular weight excluding hydrogens is 268 g/mol. The molecule has 0 bridgehead atoms. The van der Waals surface area contributed by atoms with Crippen LogP contribution in [0, 0.1) is 0 Å². The highest BCUT2D eigenvalue weighted by molar-refractivity contribution is 5.69. The molecular formula is C13H22O7. The number of aliphatic hydroxyl groups is 2. The van der Waals surface area contributed by atoms with E-state index in [4.69, 9.17) is 14.2 Å². The van der Waals surface area contributed by atoms with Gasteiger partial charge in [-0.1, -0.05) is 13.3 Å². The maximum Gasteiger partial charge on any atom is 0.306 e. The van der Waals surface area contributed by atoms with Crippen LogP contribution in [0.1, 0.15) is 39.5 Å². The number of esters is 2. The van der Waals surface area contributed by atoms with Gasteiger partial charge in [-0.05, 0) is 6.42 Å². The third-order valence-electron chi connectivity index (χ3n) is 3.00. The molecule has 7 nitrogen and oxygen atoms in total. The van der Waals surface area contributed by atoms with Crippen molar-refractivity contribution in [2.75, 3.05) is 6.61 Å². The van der Waals surface area contributed by atoms with Gasteiger partial charge in [0, 0.05) is 19.8 Å². The summed E-state index contributed by atoms with van der Waals surface area (Å²) < 4.78 is 15.0. The second-order valence-electron chi connectivity index (χ2n) is 4.79. The standard InChI is InChI=1S/C13H22O7/c1-3-4-5-11(15)19-9-6-12(16)20-10(13(9)17)7-18-8(2)14/h9-10,12-13,16-17H,3-7H2,1-2H3. The largest absolute Gasteiger partial charge is 0.463 e. The number of unbranched alkanes of at least 4 members (excludes halogenated alkanes) is 1. The van der Waals surface area contributed by atoms with Crippen LogP contribution in [-0.2, 0) is 23.8 Å². The third kappa shape index (κ3) is 5.44. The van der Waals surface area contributed by atoms with Crippen molar-refractivity contribution in [2.45, 2.75) is 64.1 Å². The summed E-state index contributed by atoms with van der Waals surface area (Å²) in [6.07, 6.45) is -2.23. The summed E-state index contributed by atoms with van der Waals surface area (Å²) in [4.78, 5) is 22.3. The molecule has 1 fully saturated rings. The smallest absolute Gasteiger partial charge is 0.306 e. The molecule has 1 rings (SSSR count). The predicted octanol–water partition coefficient (Wildman–Crippen LogP) is 0.120. The molecule has 0 aromatic carbocycles. The van der Waals surface area contributed by atoms with Crippen LogP contribution in [0.4, 0.5) is 0 Å². The molecule has 2 N–H and O–H groups in total. The van der Waals surface area contributed by atoms with Gasteiger partial charge in [0.25, 0.3) is 0 Å². The second kappa shape index (κ2) is 8.18. The monoisotopic (exact) mass is 290 g/mol. The fourth-order valence-corrected chi connectivity index (χ4v) is 1.92. The molecule has 0 aliphatic carbocycles. The number of aliphatic hydroxyl groups excluding tert-OH is 2. The Morgan fingerprint density at radius 3 is 2.65 bits per heavy atom. The Morgan fingerprint density at radius 1 is 1.35 bits per heavy atom. The lowest BCUT2D eigenvalue weighted by Gasteiger charge is -2.36. The van der Waals surface area contributed by atoms with Crippen LogP contribution in [0.15, 0.2) is 0 Å². The third-order valence-corrected chi connectivity index (χ3v) is 3.00. The summed E-state index contributed by atoms with van der Waals surface area (Å²) in [7, 11) is 0. The van der Waals surface area contributed by atoms with Gasteiger partial charge in [-0.2, -0.15) is 0 Å². The van der Waals surface area contributed by atoms with Crippen molar-refractivity contribution >= 4 is 11.9 Å². The maximum atomic E-state index is 11.6. The second-order valence-corrected chi connectivity index (χ2v) is 4.79. The first-order valence-corrected chi connectivity index (χ1v) is 6.78. The number of carbonyl (C=O) groups is 2. The van der Waals surface area contributed by atoms with Crippen molar-refractivity contribution in [1.82, 2.24) is 0 Å². The van der Waals surface area contributed by atoms with Gasteiger partial charge in [-0.25, -0.2) is 0 Å². The molecule has 0 radical (unpaired) electrons. The highest BCUT2D eigenvalue weighted by Crippen LogP contribution is 2.22. The first kappa shape index (κ1) is 16.9. The van der Waals surface area contributed by atoms with E-state index in [1.165, 1.54) is 6.92 Å². The molecule has 0 aromatic heterocycles. The zero-order valence-corrected chi connectivity index (χ0v) is 11.8. The molecule has 0 spiro atoms. The number of rotatable bonds is 6. The van der Waals surface area contributed by atoms with E-state index in [0.717, 1.165) is 6.42 Å². The summed E-state index contributed by atoms with van der Waals surface area (Å²) in [5.41, 5.74) is 0. The van der Waals surface area contributed by atoms with Crippen molar-refractivity contribution in [3.8, 4) is 0 Å². The molecule has 7 heteroatoms. The predicted molar refractivity (Wildman–Crippen MR) is 67.5 cm³/mol. The van der Waals surface area contributed by atoms with Gasteiger partial charge in [-0.15, -0.1) is 0 Å². The Hall–Kier alpha value is -1.18. The highest BCUT2D eigenvalue weighted by atomic mass is 16.6. The lowest BCUT2D eigenvalue weighted by Crippen LogP contribution is -2.51. The molecule has 4 unspecified atom stereocenters. The van der Waals surface area contributed by atoms with Crippen LogP contribution in [-0.4, -0.2) is 53.4 Å². The molecule has 0 saturated carbocycles. The minimum Gasteiger partial charge on any atom is -0.463 e. The minimum atomic E-state index is -1.16. The van der Waals surface area contributed by atoms with E-state index in [2.05, 4.69) is 0 Å². The number of carbonyl (C=O) groups excluding carboxylic acids is 2. The van der Waals surface area contributed by atoms with E-state index in [-0.39, 0.29) is 19.4 Å². The first-order chi connectivity index (χ1) is 9.43. The Balaban J connectivity index is 2.52. The van der Waals surface area contributed by atoms with E-state index < -0.39 is 36.5 Å². The van der Waals surface area contributed by atoms with Crippen LogP contribution in [0.3, 0.4) is 0 Å². The Bertz CT molecular complexity index is 331. The fraction of sp³-hybridized carbons (Fsp3) is 0.846. The molecule has 20 heavy (non-hydrogen) atoms. The zero-order chi connectivity index (χ0) is 15.1. The van der Waals surface area contributed by atoms with E-state index in [1.54, 1.807) is 0 Å². The quantitative estimate of drug-likeness (QED) is 0.670. The van der Waals surface area contributed by atoms with Crippen LogP contribution >= 0.6 is 0 Å². The van der Waals surface area contributed by atoms with E-state index in [9.17, 15) is 19.8 Å². The summed E-state index contributed by atoms with van der Waals surface area (Å²) >= 11 is 0. The molecule has 4 atom stereocenters. The SMILES string of the molecule is CCCCC(=O)OC1CC(O)OC(COC(C)=O)C1O.